The van der Waals surface area contributed by atoms with Crippen LogP contribution in [0.5, 0.6) is 0 Å². The lowest BCUT2D eigenvalue weighted by Gasteiger charge is -2.26. The van der Waals surface area contributed by atoms with E-state index < -0.39 is 5.97 Å². The molecule has 0 fully saturated rings. The summed E-state index contributed by atoms with van der Waals surface area (Å²) in [5, 5.41) is 15.0. The fourth-order valence-electron chi connectivity index (χ4n) is 6.87. The molecule has 5 rings (SSSR count). The lowest BCUT2D eigenvalue weighted by Crippen LogP contribution is -2.31. The Bertz CT molecular complexity index is 1900. The number of carbonyl (C=O) groups excluding carboxylic acids is 2. The highest BCUT2D eigenvalue weighted by atomic mass is 16.6. The van der Waals surface area contributed by atoms with Crippen molar-refractivity contribution in [3.63, 3.8) is 0 Å². The van der Waals surface area contributed by atoms with E-state index in [4.69, 9.17) is 24.1 Å². The van der Waals surface area contributed by atoms with Crippen molar-refractivity contribution in [1.82, 2.24) is 10.3 Å². The van der Waals surface area contributed by atoms with Gasteiger partial charge < -0.3 is 39.6 Å². The van der Waals surface area contributed by atoms with Crippen LogP contribution in [0.1, 0.15) is 83.0 Å². The Balaban J connectivity index is 1.14. The van der Waals surface area contributed by atoms with Crippen molar-refractivity contribution in [3.05, 3.63) is 113 Å². The topological polar surface area (TPSA) is 149 Å². The Labute approximate surface area is 335 Å². The lowest BCUT2D eigenvalue weighted by molar-refractivity contribution is -0.138. The first-order valence-electron chi connectivity index (χ1n) is 20.0. The molecule has 1 aliphatic carbocycles. The van der Waals surface area contributed by atoms with Crippen molar-refractivity contribution in [1.29, 1.82) is 0 Å². The number of carboxylic acids is 1. The molecule has 12 heteroatoms. The monoisotopic (exact) mass is 780 g/mol. The van der Waals surface area contributed by atoms with Crippen LogP contribution in [-0.2, 0) is 36.6 Å². The second kappa shape index (κ2) is 23.2. The summed E-state index contributed by atoms with van der Waals surface area (Å²) < 4.78 is 21.8. The first kappa shape index (κ1) is 43.0. The van der Waals surface area contributed by atoms with Crippen molar-refractivity contribution < 1.29 is 38.4 Å². The van der Waals surface area contributed by atoms with E-state index in [1.807, 2.05) is 48.5 Å². The third-order valence-electron chi connectivity index (χ3n) is 9.87. The molecule has 3 N–H and O–H groups in total. The van der Waals surface area contributed by atoms with Gasteiger partial charge in [0.25, 0.3) is 11.8 Å². The molecule has 1 aromatic heterocycles. The van der Waals surface area contributed by atoms with Gasteiger partial charge in [0.2, 0.25) is 0 Å². The predicted molar refractivity (Wildman–Crippen MR) is 221 cm³/mol. The van der Waals surface area contributed by atoms with Crippen molar-refractivity contribution >= 4 is 29.2 Å². The predicted octanol–water partition coefficient (Wildman–Crippen LogP) is 7.13. The van der Waals surface area contributed by atoms with E-state index in [1.54, 1.807) is 24.4 Å². The summed E-state index contributed by atoms with van der Waals surface area (Å²) in [4.78, 5) is 44.7. The van der Waals surface area contributed by atoms with Gasteiger partial charge in [0.05, 0.1) is 70.1 Å². The van der Waals surface area contributed by atoms with Crippen LogP contribution in [0.3, 0.4) is 0 Å². The molecular weight excluding hydrogens is 725 g/mol. The number of nitrogens with one attached hydrogen (secondary N) is 2. The SMILES string of the molecule is CCN(CC)c1ccc(NC(=O)c2cccc(CCCOCCOCCOCCOCCC(=O)O)c2)c(-c2cc(C(=O)N[C@H]3CCCc4ccccc43)ccn2)c1. The van der Waals surface area contributed by atoms with Crippen LogP contribution < -0.4 is 15.5 Å². The van der Waals surface area contributed by atoms with Crippen LogP contribution in [0.2, 0.25) is 0 Å². The maximum Gasteiger partial charge on any atom is 0.305 e. The number of ether oxygens (including phenoxy) is 4. The molecule has 0 saturated carbocycles. The van der Waals surface area contributed by atoms with Gasteiger partial charge in [0, 0.05) is 48.3 Å². The van der Waals surface area contributed by atoms with Crippen LogP contribution in [0.4, 0.5) is 11.4 Å². The standard InChI is InChI=1S/C45H56N4O8/c1-3-49(4-2)37-17-18-41(39(32-37)42-31-36(19-21-46-42)45(53)47-40-16-8-13-34-12-5-6-15-38(34)40)48-44(52)35-14-7-10-33(30-35)11-9-22-54-24-26-56-28-29-57-27-25-55-23-20-43(50)51/h5-7,10,12,14-15,17-19,21,30-32,40H,3-4,8-9,11,13,16,20,22-29H2,1-2H3,(H,47,53)(H,48,52)(H,50,51)/t40-/m0/s1. The zero-order valence-corrected chi connectivity index (χ0v) is 33.2. The summed E-state index contributed by atoms with van der Waals surface area (Å²) in [6, 6.07) is 25.4. The number of pyridine rings is 1. The molecule has 0 spiro atoms. The molecule has 304 valence electrons. The zero-order chi connectivity index (χ0) is 40.2. The van der Waals surface area contributed by atoms with E-state index in [0.717, 1.165) is 62.0 Å². The molecule has 3 aromatic carbocycles. The van der Waals surface area contributed by atoms with Gasteiger partial charge in [-0.05, 0) is 105 Å². The number of carboxylic acid groups (broad SMARTS) is 1. The molecule has 0 aliphatic heterocycles. The normalized spacial score (nSPS) is 13.5. The Morgan fingerprint density at radius 3 is 2.21 bits per heavy atom. The molecular formula is C45H56N4O8. The van der Waals surface area contributed by atoms with E-state index in [0.29, 0.717) is 68.8 Å². The first-order chi connectivity index (χ1) is 27.9. The minimum atomic E-state index is -0.883. The molecule has 1 aliphatic rings. The van der Waals surface area contributed by atoms with Crippen molar-refractivity contribution in [3.8, 4) is 11.3 Å². The van der Waals surface area contributed by atoms with Gasteiger partial charge >= 0.3 is 5.97 Å². The van der Waals surface area contributed by atoms with E-state index >= 15 is 0 Å². The van der Waals surface area contributed by atoms with E-state index in [2.05, 4.69) is 46.5 Å². The van der Waals surface area contributed by atoms with Crippen molar-refractivity contribution in [2.24, 2.45) is 0 Å². The van der Waals surface area contributed by atoms with Crippen LogP contribution in [0.25, 0.3) is 11.3 Å². The lowest BCUT2D eigenvalue weighted by atomic mass is 9.87. The number of amides is 2. The summed E-state index contributed by atoms with van der Waals surface area (Å²) in [6.07, 6.45) is 6.11. The molecule has 2 amide bonds. The van der Waals surface area contributed by atoms with Crippen LogP contribution in [0, 0.1) is 0 Å². The molecule has 0 radical (unpaired) electrons. The molecule has 0 unspecified atom stereocenters. The number of fused-ring (bicyclic) bond motifs is 1. The van der Waals surface area contributed by atoms with Gasteiger partial charge in [-0.3, -0.25) is 19.4 Å². The van der Waals surface area contributed by atoms with Crippen LogP contribution in [0.15, 0.2) is 85.1 Å². The van der Waals surface area contributed by atoms with Crippen molar-refractivity contribution in [2.75, 3.05) is 76.2 Å². The number of aromatic nitrogens is 1. The van der Waals surface area contributed by atoms with Gasteiger partial charge in [-0.2, -0.15) is 0 Å². The molecule has 4 aromatic rings. The summed E-state index contributed by atoms with van der Waals surface area (Å²) in [5.74, 6) is -1.27. The van der Waals surface area contributed by atoms with Gasteiger partial charge in [-0.25, -0.2) is 0 Å². The van der Waals surface area contributed by atoms with Gasteiger partial charge in [-0.1, -0.05) is 36.4 Å². The Morgan fingerprint density at radius 1 is 0.772 bits per heavy atom. The smallest absolute Gasteiger partial charge is 0.305 e. The summed E-state index contributed by atoms with van der Waals surface area (Å²) >= 11 is 0. The Kier molecular flexibility index (Phi) is 17.5. The number of anilines is 2. The number of aryl methyl sites for hydroxylation is 2. The third kappa shape index (κ3) is 13.5. The molecule has 57 heavy (non-hydrogen) atoms. The minimum absolute atomic E-state index is 0.0165. The number of rotatable bonds is 24. The Morgan fingerprint density at radius 2 is 1.47 bits per heavy atom. The van der Waals surface area contributed by atoms with Crippen molar-refractivity contribution in [2.45, 2.75) is 58.4 Å². The fourth-order valence-corrected chi connectivity index (χ4v) is 6.87. The third-order valence-corrected chi connectivity index (χ3v) is 9.87. The molecule has 12 nitrogen and oxygen atoms in total. The van der Waals surface area contributed by atoms with E-state index in [-0.39, 0.29) is 30.9 Å². The van der Waals surface area contributed by atoms with Gasteiger partial charge in [-0.15, -0.1) is 0 Å². The highest BCUT2D eigenvalue weighted by molar-refractivity contribution is 6.06. The van der Waals surface area contributed by atoms with Gasteiger partial charge in [0.15, 0.2) is 0 Å². The number of hydrogen-bond acceptors (Lipinski definition) is 9. The highest BCUT2D eigenvalue weighted by Gasteiger charge is 2.23. The highest BCUT2D eigenvalue weighted by Crippen LogP contribution is 2.33. The number of aliphatic carboxylic acids is 1. The largest absolute Gasteiger partial charge is 0.481 e. The second-order valence-corrected chi connectivity index (χ2v) is 13.8. The fraction of sp³-hybridized carbons (Fsp3) is 0.422. The van der Waals surface area contributed by atoms with E-state index in [1.165, 1.54) is 11.1 Å². The average Bonchev–Trinajstić information content (AvgIpc) is 3.23. The number of benzene rings is 3. The summed E-state index contributed by atoms with van der Waals surface area (Å²) in [6.45, 7) is 9.10. The maximum atomic E-state index is 13.7. The Hall–Kier alpha value is -5.14. The second-order valence-electron chi connectivity index (χ2n) is 13.8. The van der Waals surface area contributed by atoms with E-state index in [9.17, 15) is 14.4 Å². The maximum absolute atomic E-state index is 13.7. The zero-order valence-electron chi connectivity index (χ0n) is 33.2. The molecule has 0 saturated heterocycles. The van der Waals surface area contributed by atoms with Crippen LogP contribution >= 0.6 is 0 Å². The molecule has 0 bridgehead atoms. The first-order valence-corrected chi connectivity index (χ1v) is 20.0. The summed E-state index contributed by atoms with van der Waals surface area (Å²) in [7, 11) is 0. The average molecular weight is 781 g/mol. The number of nitrogens with zero attached hydrogens (tertiary/aromatic N) is 2. The summed E-state index contributed by atoms with van der Waals surface area (Å²) in [5.41, 5.74) is 7.49. The minimum Gasteiger partial charge on any atom is -0.481 e. The molecule has 1 atom stereocenters. The quantitative estimate of drug-likeness (QED) is 0.0628. The molecule has 1 heterocycles. The number of carbonyl (C=O) groups is 3. The van der Waals surface area contributed by atoms with Crippen LogP contribution in [-0.4, -0.2) is 93.8 Å². The number of hydrogen-bond donors (Lipinski definition) is 3. The van der Waals surface area contributed by atoms with Gasteiger partial charge in [0.1, 0.15) is 0 Å².